The molecule has 3 heterocycles. The molecule has 30 heavy (non-hydrogen) atoms. The number of benzene rings is 1. The number of nitrogens with zero attached hydrogens (tertiary/aromatic N) is 3. The number of aryl methyl sites for hydroxylation is 2. The van der Waals surface area contributed by atoms with E-state index in [0.717, 1.165) is 81.0 Å². The molecule has 1 amide bonds. The van der Waals surface area contributed by atoms with Crippen LogP contribution in [0.2, 0.25) is 0 Å². The molecule has 5 rings (SSSR count). The zero-order valence-corrected chi connectivity index (χ0v) is 17.9. The Kier molecular flexibility index (Phi) is 5.27. The molecule has 1 saturated heterocycles. The molecule has 6 nitrogen and oxygen atoms in total. The van der Waals surface area contributed by atoms with Crippen LogP contribution in [0.4, 0.5) is 0 Å². The lowest BCUT2D eigenvalue weighted by Crippen LogP contribution is -2.50. The number of nitrogens with one attached hydrogen (secondary N) is 1. The lowest BCUT2D eigenvalue weighted by molar-refractivity contribution is 0.0674. The average molecular weight is 409 g/mol. The van der Waals surface area contributed by atoms with Gasteiger partial charge in [-0.1, -0.05) is 6.42 Å². The largest absolute Gasteiger partial charge is 0.493 e. The third-order valence-electron chi connectivity index (χ3n) is 7.52. The van der Waals surface area contributed by atoms with Gasteiger partial charge in [-0.2, -0.15) is 0 Å². The third-order valence-corrected chi connectivity index (χ3v) is 7.52. The van der Waals surface area contributed by atoms with Crippen LogP contribution in [0, 0.1) is 5.41 Å². The molecule has 2 aliphatic heterocycles. The molecule has 1 saturated carbocycles. The maximum Gasteiger partial charge on any atom is 0.251 e. The summed E-state index contributed by atoms with van der Waals surface area (Å²) in [6.45, 7) is 3.85. The van der Waals surface area contributed by atoms with Crippen molar-refractivity contribution in [3.05, 3.63) is 47.5 Å². The van der Waals surface area contributed by atoms with Gasteiger partial charge in [-0.25, -0.2) is 4.98 Å². The highest BCUT2D eigenvalue weighted by molar-refractivity contribution is 5.94. The van der Waals surface area contributed by atoms with E-state index in [9.17, 15) is 4.79 Å². The zero-order chi connectivity index (χ0) is 20.6. The number of rotatable bonds is 4. The second-order valence-electron chi connectivity index (χ2n) is 9.29. The van der Waals surface area contributed by atoms with Gasteiger partial charge in [0.15, 0.2) is 0 Å². The Bertz CT molecular complexity index is 914. The molecule has 2 fully saturated rings. The number of carbonyl (C=O) groups is 1. The van der Waals surface area contributed by atoms with E-state index in [1.165, 1.54) is 12.8 Å². The molecule has 3 aliphatic rings. The number of hydrogen-bond donors (Lipinski definition) is 1. The van der Waals surface area contributed by atoms with Crippen molar-refractivity contribution in [3.63, 3.8) is 0 Å². The van der Waals surface area contributed by atoms with Crippen molar-refractivity contribution in [2.75, 3.05) is 19.7 Å². The number of hydrogen-bond acceptors (Lipinski definition) is 4. The SMILES string of the molecule is Cn1ccnc1CN1CCC2(CCCC2NC(=O)c2ccc3c(c2)CCCO3)CC1. The number of ether oxygens (including phenoxy) is 1. The minimum absolute atomic E-state index is 0.0742. The number of carbonyl (C=O) groups excluding carboxylic acids is 1. The first-order valence-electron chi connectivity index (χ1n) is 11.4. The van der Waals surface area contributed by atoms with E-state index < -0.39 is 0 Å². The Balaban J connectivity index is 1.22. The number of piperidine rings is 1. The normalized spacial score (nSPS) is 23.2. The first kappa shape index (κ1) is 19.6. The van der Waals surface area contributed by atoms with Crippen molar-refractivity contribution in [2.24, 2.45) is 12.5 Å². The molecular weight excluding hydrogens is 376 g/mol. The minimum Gasteiger partial charge on any atom is -0.493 e. The Hall–Kier alpha value is -2.34. The van der Waals surface area contributed by atoms with Crippen molar-refractivity contribution in [3.8, 4) is 5.75 Å². The minimum atomic E-state index is 0.0742. The molecule has 2 aromatic rings. The lowest BCUT2D eigenvalue weighted by Gasteiger charge is -2.43. The molecule has 1 unspecified atom stereocenters. The van der Waals surface area contributed by atoms with Gasteiger partial charge in [0.05, 0.1) is 13.2 Å². The summed E-state index contributed by atoms with van der Waals surface area (Å²) in [7, 11) is 2.06. The highest BCUT2D eigenvalue weighted by Crippen LogP contribution is 2.46. The maximum absolute atomic E-state index is 13.1. The fourth-order valence-corrected chi connectivity index (χ4v) is 5.61. The average Bonchev–Trinajstić information content (AvgIpc) is 3.35. The predicted molar refractivity (Wildman–Crippen MR) is 116 cm³/mol. The highest BCUT2D eigenvalue weighted by Gasteiger charge is 2.45. The van der Waals surface area contributed by atoms with Gasteiger partial charge in [0.25, 0.3) is 5.91 Å². The number of aromatic nitrogens is 2. The molecule has 0 radical (unpaired) electrons. The number of likely N-dealkylation sites (tertiary alicyclic amines) is 1. The van der Waals surface area contributed by atoms with Crippen molar-refractivity contribution < 1.29 is 9.53 Å². The molecule has 1 atom stereocenters. The summed E-state index contributed by atoms with van der Waals surface area (Å²) in [4.78, 5) is 20.0. The van der Waals surface area contributed by atoms with Crippen molar-refractivity contribution in [1.29, 1.82) is 0 Å². The first-order valence-corrected chi connectivity index (χ1v) is 11.4. The monoisotopic (exact) mass is 408 g/mol. The summed E-state index contributed by atoms with van der Waals surface area (Å²) >= 11 is 0. The second-order valence-corrected chi connectivity index (χ2v) is 9.29. The smallest absolute Gasteiger partial charge is 0.251 e. The summed E-state index contributed by atoms with van der Waals surface area (Å²) in [5.41, 5.74) is 2.19. The summed E-state index contributed by atoms with van der Waals surface area (Å²) < 4.78 is 7.80. The summed E-state index contributed by atoms with van der Waals surface area (Å²) in [5, 5.41) is 3.42. The van der Waals surface area contributed by atoms with Gasteiger partial charge >= 0.3 is 0 Å². The van der Waals surface area contributed by atoms with Crippen molar-refractivity contribution >= 4 is 5.91 Å². The zero-order valence-electron chi connectivity index (χ0n) is 17.9. The molecule has 1 aliphatic carbocycles. The Morgan fingerprint density at radius 1 is 1.27 bits per heavy atom. The van der Waals surface area contributed by atoms with E-state index in [-0.39, 0.29) is 17.4 Å². The standard InChI is InChI=1S/C24H32N4O2/c1-27-14-11-25-22(27)17-28-12-9-24(10-13-28)8-2-5-21(24)26-23(29)19-6-7-20-18(16-19)4-3-15-30-20/h6-7,11,14,16,21H,2-5,8-10,12-13,15,17H2,1H3,(H,26,29). The van der Waals surface area contributed by atoms with Gasteiger partial charge in [-0.3, -0.25) is 9.69 Å². The van der Waals surface area contributed by atoms with Crippen LogP contribution in [0.1, 0.15) is 60.3 Å². The van der Waals surface area contributed by atoms with Crippen molar-refractivity contribution in [2.45, 2.75) is 57.5 Å². The van der Waals surface area contributed by atoms with E-state index >= 15 is 0 Å². The van der Waals surface area contributed by atoms with Crippen LogP contribution in [-0.4, -0.2) is 46.1 Å². The Morgan fingerprint density at radius 3 is 2.93 bits per heavy atom. The molecule has 1 aromatic carbocycles. The van der Waals surface area contributed by atoms with Crippen LogP contribution in [0.25, 0.3) is 0 Å². The van der Waals surface area contributed by atoms with Crippen LogP contribution in [0.15, 0.2) is 30.6 Å². The molecule has 1 aromatic heterocycles. The van der Waals surface area contributed by atoms with Gasteiger partial charge in [-0.05, 0) is 80.8 Å². The summed E-state index contributed by atoms with van der Waals surface area (Å²) in [5.74, 6) is 2.14. The second kappa shape index (κ2) is 8.06. The van der Waals surface area contributed by atoms with Crippen LogP contribution in [-0.2, 0) is 20.0 Å². The van der Waals surface area contributed by atoms with E-state index in [1.54, 1.807) is 0 Å². The van der Waals surface area contributed by atoms with E-state index in [1.807, 2.05) is 30.6 Å². The predicted octanol–water partition coefficient (Wildman–Crippen LogP) is 3.31. The van der Waals surface area contributed by atoms with Crippen LogP contribution in [0.3, 0.4) is 0 Å². The molecule has 6 heteroatoms. The van der Waals surface area contributed by atoms with Gasteiger partial charge in [-0.15, -0.1) is 0 Å². The molecule has 1 spiro atoms. The number of imidazole rings is 1. The topological polar surface area (TPSA) is 59.4 Å². The fraction of sp³-hybridized carbons (Fsp3) is 0.583. The Morgan fingerprint density at radius 2 is 2.13 bits per heavy atom. The molecule has 0 bridgehead atoms. The van der Waals surface area contributed by atoms with Crippen LogP contribution in [0.5, 0.6) is 5.75 Å². The molecule has 160 valence electrons. The maximum atomic E-state index is 13.1. The van der Waals surface area contributed by atoms with Gasteiger partial charge in [0.1, 0.15) is 11.6 Å². The van der Waals surface area contributed by atoms with Crippen LogP contribution < -0.4 is 10.1 Å². The van der Waals surface area contributed by atoms with Crippen LogP contribution >= 0.6 is 0 Å². The quantitative estimate of drug-likeness (QED) is 0.843. The van der Waals surface area contributed by atoms with E-state index in [2.05, 4.69) is 26.8 Å². The third kappa shape index (κ3) is 3.73. The van der Waals surface area contributed by atoms with Gasteiger partial charge in [0, 0.05) is 31.0 Å². The van der Waals surface area contributed by atoms with E-state index in [4.69, 9.17) is 4.74 Å². The first-order chi connectivity index (χ1) is 14.6. The van der Waals surface area contributed by atoms with Crippen molar-refractivity contribution in [1.82, 2.24) is 19.8 Å². The fourth-order valence-electron chi connectivity index (χ4n) is 5.61. The molecular formula is C24H32N4O2. The van der Waals surface area contributed by atoms with E-state index in [0.29, 0.717) is 0 Å². The highest BCUT2D eigenvalue weighted by atomic mass is 16.5. The van der Waals surface area contributed by atoms with Gasteiger partial charge in [0.2, 0.25) is 0 Å². The Labute approximate surface area is 178 Å². The molecule has 1 N–H and O–H groups in total. The summed E-state index contributed by atoms with van der Waals surface area (Å²) in [6.07, 6.45) is 11.7. The number of amides is 1. The number of fused-ring (bicyclic) bond motifs is 1. The summed E-state index contributed by atoms with van der Waals surface area (Å²) in [6, 6.07) is 6.19. The lowest BCUT2D eigenvalue weighted by atomic mass is 9.74. The van der Waals surface area contributed by atoms with Gasteiger partial charge < -0.3 is 14.6 Å².